The quantitative estimate of drug-likeness (QED) is 0.824. The van der Waals surface area contributed by atoms with E-state index in [9.17, 15) is 5.11 Å². The third kappa shape index (κ3) is 3.31. The molecule has 18 heavy (non-hydrogen) atoms. The number of hydrogen-bond donors (Lipinski definition) is 2. The second kappa shape index (κ2) is 6.31. The first-order chi connectivity index (χ1) is 8.70. The molecule has 100 valence electrons. The van der Waals surface area contributed by atoms with E-state index in [4.69, 9.17) is 9.47 Å². The van der Waals surface area contributed by atoms with Crippen molar-refractivity contribution in [2.45, 2.75) is 18.3 Å². The Morgan fingerprint density at radius 1 is 1.33 bits per heavy atom. The van der Waals surface area contributed by atoms with Crippen molar-refractivity contribution in [1.82, 2.24) is 5.32 Å². The van der Waals surface area contributed by atoms with Gasteiger partial charge in [-0.25, -0.2) is 0 Å². The summed E-state index contributed by atoms with van der Waals surface area (Å²) in [7, 11) is 0. The number of rotatable bonds is 6. The minimum Gasteiger partial charge on any atom is -0.454 e. The zero-order valence-corrected chi connectivity index (χ0v) is 11.5. The van der Waals surface area contributed by atoms with Gasteiger partial charge in [0.15, 0.2) is 11.5 Å². The molecule has 0 fully saturated rings. The van der Waals surface area contributed by atoms with Crippen molar-refractivity contribution in [2.75, 3.05) is 26.1 Å². The molecule has 0 aromatic heterocycles. The average molecular weight is 269 g/mol. The molecule has 5 heteroatoms. The van der Waals surface area contributed by atoms with Crippen molar-refractivity contribution in [3.8, 4) is 11.5 Å². The third-order valence-corrected chi connectivity index (χ3v) is 3.92. The molecule has 1 aliphatic heterocycles. The second-order valence-corrected chi connectivity index (χ2v) is 5.61. The fourth-order valence-electron chi connectivity index (χ4n) is 1.74. The number of benzene rings is 1. The highest BCUT2D eigenvalue weighted by Crippen LogP contribution is 2.34. The van der Waals surface area contributed by atoms with Crippen molar-refractivity contribution in [3.05, 3.63) is 23.8 Å². The lowest BCUT2D eigenvalue weighted by Crippen LogP contribution is -2.27. The summed E-state index contributed by atoms with van der Waals surface area (Å²) in [6.45, 7) is 3.86. The SMILES string of the molecule is CSC(C)CNCC(O)c1ccc2c(c1)OCO2. The Morgan fingerprint density at radius 3 is 2.89 bits per heavy atom. The van der Waals surface area contributed by atoms with Crippen LogP contribution in [-0.4, -0.2) is 36.5 Å². The van der Waals surface area contributed by atoms with Gasteiger partial charge < -0.3 is 19.9 Å². The zero-order valence-electron chi connectivity index (χ0n) is 10.7. The lowest BCUT2D eigenvalue weighted by molar-refractivity contribution is 0.170. The first kappa shape index (κ1) is 13.5. The highest BCUT2D eigenvalue weighted by Gasteiger charge is 2.16. The van der Waals surface area contributed by atoms with Crippen LogP contribution in [0.5, 0.6) is 11.5 Å². The summed E-state index contributed by atoms with van der Waals surface area (Å²) in [4.78, 5) is 0. The first-order valence-electron chi connectivity index (χ1n) is 6.02. The Bertz CT molecular complexity index is 400. The second-order valence-electron chi connectivity index (χ2n) is 4.33. The molecule has 0 radical (unpaired) electrons. The Balaban J connectivity index is 1.87. The van der Waals surface area contributed by atoms with Crippen LogP contribution in [-0.2, 0) is 0 Å². The molecule has 0 aliphatic carbocycles. The summed E-state index contributed by atoms with van der Waals surface area (Å²) in [5.41, 5.74) is 0.851. The maximum Gasteiger partial charge on any atom is 0.231 e. The standard InChI is InChI=1S/C13H19NO3S/c1-9(18-2)6-14-7-11(15)10-3-4-12-13(5-10)17-8-16-12/h3-5,9,11,14-15H,6-8H2,1-2H3. The lowest BCUT2D eigenvalue weighted by atomic mass is 10.1. The number of hydrogen-bond acceptors (Lipinski definition) is 5. The van der Waals surface area contributed by atoms with E-state index in [1.807, 2.05) is 30.0 Å². The van der Waals surface area contributed by atoms with Gasteiger partial charge in [0.2, 0.25) is 6.79 Å². The summed E-state index contributed by atoms with van der Waals surface area (Å²) in [5, 5.41) is 13.9. The van der Waals surface area contributed by atoms with Gasteiger partial charge in [-0.05, 0) is 24.0 Å². The molecule has 0 saturated heterocycles. The van der Waals surface area contributed by atoms with Crippen LogP contribution < -0.4 is 14.8 Å². The minimum absolute atomic E-state index is 0.262. The summed E-state index contributed by atoms with van der Waals surface area (Å²) in [5.74, 6) is 1.46. The fourth-order valence-corrected chi connectivity index (χ4v) is 2.03. The Kier molecular flexibility index (Phi) is 4.74. The molecule has 1 aliphatic rings. The van der Waals surface area contributed by atoms with E-state index in [2.05, 4.69) is 18.5 Å². The van der Waals surface area contributed by atoms with Crippen molar-refractivity contribution in [3.63, 3.8) is 0 Å². The van der Waals surface area contributed by atoms with E-state index < -0.39 is 6.10 Å². The molecule has 2 atom stereocenters. The van der Waals surface area contributed by atoms with Gasteiger partial charge >= 0.3 is 0 Å². The Hall–Kier alpha value is -0.910. The van der Waals surface area contributed by atoms with E-state index in [0.29, 0.717) is 17.5 Å². The van der Waals surface area contributed by atoms with Crippen LogP contribution in [0.4, 0.5) is 0 Å². The molecule has 0 amide bonds. The summed E-state index contributed by atoms with van der Waals surface area (Å²) >= 11 is 1.81. The van der Waals surface area contributed by atoms with Gasteiger partial charge in [0.25, 0.3) is 0 Å². The highest BCUT2D eigenvalue weighted by atomic mass is 32.2. The van der Waals surface area contributed by atoms with Crippen molar-refractivity contribution < 1.29 is 14.6 Å². The normalized spacial score (nSPS) is 16.6. The maximum absolute atomic E-state index is 10.1. The van der Waals surface area contributed by atoms with Gasteiger partial charge in [-0.3, -0.25) is 0 Å². The number of aliphatic hydroxyl groups excluding tert-OH is 1. The van der Waals surface area contributed by atoms with Crippen molar-refractivity contribution in [1.29, 1.82) is 0 Å². The van der Waals surface area contributed by atoms with Gasteiger partial charge in [0.05, 0.1) is 6.10 Å². The molecule has 0 spiro atoms. The maximum atomic E-state index is 10.1. The van der Waals surface area contributed by atoms with E-state index in [1.54, 1.807) is 0 Å². The predicted molar refractivity (Wildman–Crippen MR) is 73.4 cm³/mol. The number of nitrogens with one attached hydrogen (secondary N) is 1. The molecule has 0 saturated carbocycles. The van der Waals surface area contributed by atoms with E-state index in [-0.39, 0.29) is 6.79 Å². The molecule has 1 heterocycles. The van der Waals surface area contributed by atoms with Crippen LogP contribution in [0.1, 0.15) is 18.6 Å². The molecular formula is C13H19NO3S. The Labute approximate surface area is 112 Å². The topological polar surface area (TPSA) is 50.7 Å². The molecule has 4 nitrogen and oxygen atoms in total. The summed E-state index contributed by atoms with van der Waals surface area (Å²) in [6, 6.07) is 5.55. The molecule has 1 aromatic carbocycles. The van der Waals surface area contributed by atoms with Gasteiger partial charge in [-0.2, -0.15) is 11.8 Å². The lowest BCUT2D eigenvalue weighted by Gasteiger charge is -2.14. The number of thioether (sulfide) groups is 1. The largest absolute Gasteiger partial charge is 0.454 e. The van der Waals surface area contributed by atoms with Crippen LogP contribution in [0.2, 0.25) is 0 Å². The first-order valence-corrected chi connectivity index (χ1v) is 7.30. The van der Waals surface area contributed by atoms with Crippen LogP contribution in [0.3, 0.4) is 0 Å². The minimum atomic E-state index is -0.520. The van der Waals surface area contributed by atoms with Crippen LogP contribution in [0.15, 0.2) is 18.2 Å². The summed E-state index contributed by atoms with van der Waals surface area (Å²) in [6.07, 6.45) is 1.56. The van der Waals surface area contributed by atoms with Crippen LogP contribution in [0.25, 0.3) is 0 Å². The number of ether oxygens (including phenoxy) is 2. The van der Waals surface area contributed by atoms with Crippen molar-refractivity contribution in [2.24, 2.45) is 0 Å². The van der Waals surface area contributed by atoms with Gasteiger partial charge in [-0.1, -0.05) is 13.0 Å². The van der Waals surface area contributed by atoms with Gasteiger partial charge in [-0.15, -0.1) is 0 Å². The van der Waals surface area contributed by atoms with Crippen molar-refractivity contribution >= 4 is 11.8 Å². The van der Waals surface area contributed by atoms with Gasteiger partial charge in [0.1, 0.15) is 0 Å². The smallest absolute Gasteiger partial charge is 0.231 e. The monoisotopic (exact) mass is 269 g/mol. The zero-order chi connectivity index (χ0) is 13.0. The summed E-state index contributed by atoms with van der Waals surface area (Å²) < 4.78 is 10.5. The number of aliphatic hydroxyl groups is 1. The molecular weight excluding hydrogens is 250 g/mol. The molecule has 0 bridgehead atoms. The van der Waals surface area contributed by atoms with Crippen LogP contribution >= 0.6 is 11.8 Å². The van der Waals surface area contributed by atoms with E-state index in [0.717, 1.165) is 17.9 Å². The van der Waals surface area contributed by atoms with Crippen LogP contribution in [0, 0.1) is 0 Å². The highest BCUT2D eigenvalue weighted by molar-refractivity contribution is 7.99. The molecule has 2 N–H and O–H groups in total. The van der Waals surface area contributed by atoms with E-state index in [1.165, 1.54) is 0 Å². The molecule has 1 aromatic rings. The number of fused-ring (bicyclic) bond motifs is 1. The average Bonchev–Trinajstić information content (AvgIpc) is 2.85. The Morgan fingerprint density at radius 2 is 2.11 bits per heavy atom. The molecule has 2 rings (SSSR count). The van der Waals surface area contributed by atoms with Gasteiger partial charge in [0, 0.05) is 18.3 Å². The third-order valence-electron chi connectivity index (χ3n) is 2.95. The predicted octanol–water partition coefficient (Wildman–Crippen LogP) is 1.79. The fraction of sp³-hybridized carbons (Fsp3) is 0.538. The molecule has 2 unspecified atom stereocenters. The van der Waals surface area contributed by atoms with E-state index >= 15 is 0 Å².